The molecular weight excluding hydrogens is 236 g/mol. The van der Waals surface area contributed by atoms with Crippen LogP contribution in [0.1, 0.15) is 52.6 Å². The fourth-order valence-corrected chi connectivity index (χ4v) is 2.09. The summed E-state index contributed by atoms with van der Waals surface area (Å²) in [6.45, 7) is 15.0. The third-order valence-electron chi connectivity index (χ3n) is 3.17. The van der Waals surface area contributed by atoms with E-state index in [4.69, 9.17) is 4.42 Å². The molecule has 0 amide bonds. The fraction of sp³-hybridized carbons (Fsp3) is 0.750. The molecule has 1 heterocycles. The van der Waals surface area contributed by atoms with E-state index in [1.54, 1.807) is 0 Å². The molecule has 0 spiro atoms. The summed E-state index contributed by atoms with van der Waals surface area (Å²) in [4.78, 5) is 2.45. The molecule has 1 rings (SSSR count). The van der Waals surface area contributed by atoms with Crippen molar-refractivity contribution in [3.63, 3.8) is 0 Å². The van der Waals surface area contributed by atoms with Gasteiger partial charge in [0.05, 0.1) is 13.1 Å². The molecule has 1 aromatic heterocycles. The Balaban J connectivity index is 2.44. The summed E-state index contributed by atoms with van der Waals surface area (Å²) in [6.07, 6.45) is 1.18. The summed E-state index contributed by atoms with van der Waals surface area (Å²) in [6, 6.07) is 4.76. The molecule has 0 saturated carbocycles. The van der Waals surface area contributed by atoms with Gasteiger partial charge in [-0.15, -0.1) is 0 Å². The minimum absolute atomic E-state index is 0.563. The van der Waals surface area contributed by atoms with Gasteiger partial charge in [0.2, 0.25) is 0 Å². The van der Waals surface area contributed by atoms with Crippen LogP contribution in [0.2, 0.25) is 0 Å². The SMILES string of the molecule is CCCN(Cc1ccc(CNCC(C)C)o1)C(C)C. The van der Waals surface area contributed by atoms with Crippen molar-refractivity contribution >= 4 is 0 Å². The van der Waals surface area contributed by atoms with E-state index >= 15 is 0 Å². The topological polar surface area (TPSA) is 28.4 Å². The molecule has 0 bridgehead atoms. The van der Waals surface area contributed by atoms with Crippen molar-refractivity contribution in [3.8, 4) is 0 Å². The number of hydrogen-bond acceptors (Lipinski definition) is 3. The van der Waals surface area contributed by atoms with Gasteiger partial charge in [-0.25, -0.2) is 0 Å². The van der Waals surface area contributed by atoms with Crippen molar-refractivity contribution in [3.05, 3.63) is 23.7 Å². The first-order valence-corrected chi connectivity index (χ1v) is 7.55. The first-order valence-electron chi connectivity index (χ1n) is 7.55. The lowest BCUT2D eigenvalue weighted by atomic mass is 10.2. The smallest absolute Gasteiger partial charge is 0.118 e. The quantitative estimate of drug-likeness (QED) is 0.739. The van der Waals surface area contributed by atoms with Crippen LogP contribution < -0.4 is 5.32 Å². The summed E-state index contributed by atoms with van der Waals surface area (Å²) >= 11 is 0. The molecule has 0 aliphatic carbocycles. The molecule has 1 N–H and O–H groups in total. The van der Waals surface area contributed by atoms with Gasteiger partial charge in [0.1, 0.15) is 11.5 Å². The molecule has 3 nitrogen and oxygen atoms in total. The molecule has 0 fully saturated rings. The molecule has 0 aromatic carbocycles. The van der Waals surface area contributed by atoms with Gasteiger partial charge < -0.3 is 9.73 Å². The van der Waals surface area contributed by atoms with Crippen molar-refractivity contribution in [2.75, 3.05) is 13.1 Å². The molecule has 0 atom stereocenters. The van der Waals surface area contributed by atoms with E-state index in [0.29, 0.717) is 12.0 Å². The molecule has 0 saturated heterocycles. The van der Waals surface area contributed by atoms with Crippen molar-refractivity contribution in [2.24, 2.45) is 5.92 Å². The zero-order chi connectivity index (χ0) is 14.3. The molecule has 110 valence electrons. The van der Waals surface area contributed by atoms with Gasteiger partial charge >= 0.3 is 0 Å². The van der Waals surface area contributed by atoms with Crippen LogP contribution in [0, 0.1) is 5.92 Å². The molecule has 3 heteroatoms. The molecule has 0 aliphatic rings. The van der Waals surface area contributed by atoms with E-state index in [-0.39, 0.29) is 0 Å². The molecule has 0 aliphatic heterocycles. The Labute approximate surface area is 118 Å². The fourth-order valence-electron chi connectivity index (χ4n) is 2.09. The predicted molar refractivity (Wildman–Crippen MR) is 81.1 cm³/mol. The van der Waals surface area contributed by atoms with Gasteiger partial charge in [0.25, 0.3) is 0 Å². The van der Waals surface area contributed by atoms with E-state index in [2.05, 4.69) is 57.0 Å². The maximum Gasteiger partial charge on any atom is 0.118 e. The first-order chi connectivity index (χ1) is 9.02. The average molecular weight is 266 g/mol. The molecule has 0 radical (unpaired) electrons. The summed E-state index contributed by atoms with van der Waals surface area (Å²) in [7, 11) is 0. The third-order valence-corrected chi connectivity index (χ3v) is 3.17. The van der Waals surface area contributed by atoms with Crippen molar-refractivity contribution in [1.82, 2.24) is 10.2 Å². The van der Waals surface area contributed by atoms with E-state index in [9.17, 15) is 0 Å². The molecular formula is C16H30N2O. The standard InChI is InChI=1S/C16H30N2O/c1-6-9-18(14(4)5)12-16-8-7-15(19-16)11-17-10-13(2)3/h7-8,13-14,17H,6,9-12H2,1-5H3. The summed E-state index contributed by atoms with van der Waals surface area (Å²) in [5.74, 6) is 2.79. The minimum atomic E-state index is 0.563. The van der Waals surface area contributed by atoms with Gasteiger partial charge in [-0.3, -0.25) is 4.90 Å². The monoisotopic (exact) mass is 266 g/mol. The van der Waals surface area contributed by atoms with E-state index in [0.717, 1.165) is 37.7 Å². The molecule has 1 aromatic rings. The van der Waals surface area contributed by atoms with Gasteiger partial charge in [0.15, 0.2) is 0 Å². The Bertz CT molecular complexity index is 344. The zero-order valence-electron chi connectivity index (χ0n) is 13.2. The van der Waals surface area contributed by atoms with Crippen LogP contribution in [-0.4, -0.2) is 24.0 Å². The van der Waals surface area contributed by atoms with Gasteiger partial charge in [-0.1, -0.05) is 20.8 Å². The molecule has 19 heavy (non-hydrogen) atoms. The van der Waals surface area contributed by atoms with E-state index < -0.39 is 0 Å². The van der Waals surface area contributed by atoms with Crippen LogP contribution in [-0.2, 0) is 13.1 Å². The maximum absolute atomic E-state index is 5.89. The van der Waals surface area contributed by atoms with Crippen molar-refractivity contribution in [1.29, 1.82) is 0 Å². The largest absolute Gasteiger partial charge is 0.463 e. The summed E-state index contributed by atoms with van der Waals surface area (Å²) in [5, 5.41) is 3.41. The van der Waals surface area contributed by atoms with Gasteiger partial charge in [0, 0.05) is 6.04 Å². The number of hydrogen-bond donors (Lipinski definition) is 1. The van der Waals surface area contributed by atoms with E-state index in [1.165, 1.54) is 6.42 Å². The highest BCUT2D eigenvalue weighted by Crippen LogP contribution is 2.13. The Hall–Kier alpha value is -0.800. The van der Waals surface area contributed by atoms with Crippen LogP contribution >= 0.6 is 0 Å². The van der Waals surface area contributed by atoms with Crippen LogP contribution in [0.5, 0.6) is 0 Å². The lowest BCUT2D eigenvalue weighted by Gasteiger charge is -2.24. The Kier molecular flexibility index (Phi) is 7.17. The van der Waals surface area contributed by atoms with Crippen molar-refractivity contribution < 1.29 is 4.42 Å². The maximum atomic E-state index is 5.89. The van der Waals surface area contributed by atoms with E-state index in [1.807, 2.05) is 0 Å². The Morgan fingerprint density at radius 1 is 1.16 bits per heavy atom. The number of furan rings is 1. The first kappa shape index (κ1) is 16.3. The lowest BCUT2D eigenvalue weighted by molar-refractivity contribution is 0.195. The summed E-state index contributed by atoms with van der Waals surface area (Å²) < 4.78 is 5.89. The lowest BCUT2D eigenvalue weighted by Crippen LogP contribution is -2.30. The van der Waals surface area contributed by atoms with Gasteiger partial charge in [-0.05, 0) is 51.4 Å². The average Bonchev–Trinajstić information content (AvgIpc) is 2.75. The minimum Gasteiger partial charge on any atom is -0.463 e. The van der Waals surface area contributed by atoms with Crippen LogP contribution in [0.25, 0.3) is 0 Å². The van der Waals surface area contributed by atoms with Gasteiger partial charge in [-0.2, -0.15) is 0 Å². The Morgan fingerprint density at radius 2 is 1.84 bits per heavy atom. The summed E-state index contributed by atoms with van der Waals surface area (Å²) in [5.41, 5.74) is 0. The van der Waals surface area contributed by atoms with Crippen LogP contribution in [0.3, 0.4) is 0 Å². The van der Waals surface area contributed by atoms with Crippen LogP contribution in [0.15, 0.2) is 16.5 Å². The molecule has 0 unspecified atom stereocenters. The number of nitrogens with zero attached hydrogens (tertiary/aromatic N) is 1. The second kappa shape index (κ2) is 8.39. The highest BCUT2D eigenvalue weighted by atomic mass is 16.3. The highest BCUT2D eigenvalue weighted by molar-refractivity contribution is 5.07. The predicted octanol–water partition coefficient (Wildman–Crippen LogP) is 3.65. The second-order valence-electron chi connectivity index (χ2n) is 5.96. The zero-order valence-corrected chi connectivity index (χ0v) is 13.2. The number of nitrogens with one attached hydrogen (secondary N) is 1. The normalized spacial score (nSPS) is 12.0. The highest BCUT2D eigenvalue weighted by Gasteiger charge is 2.11. The third kappa shape index (κ3) is 6.26. The Morgan fingerprint density at radius 3 is 2.42 bits per heavy atom. The van der Waals surface area contributed by atoms with Crippen molar-refractivity contribution in [2.45, 2.75) is 60.2 Å². The second-order valence-corrected chi connectivity index (χ2v) is 5.96. The number of rotatable bonds is 9. The van der Waals surface area contributed by atoms with Crippen LogP contribution in [0.4, 0.5) is 0 Å².